The summed E-state index contributed by atoms with van der Waals surface area (Å²) in [5, 5.41) is 0. The van der Waals surface area contributed by atoms with Crippen LogP contribution in [0.1, 0.15) is 18.7 Å². The Morgan fingerprint density at radius 2 is 2.20 bits per heavy atom. The first-order valence-corrected chi connectivity index (χ1v) is 7.00. The molecule has 1 aromatic rings. The molecule has 1 aliphatic rings. The van der Waals surface area contributed by atoms with Crippen molar-refractivity contribution in [3.05, 3.63) is 15.5 Å². The minimum Gasteiger partial charge on any atom is -0.330 e. The molecule has 3 N–H and O–H groups in total. The second kappa shape index (κ2) is 4.67. The normalized spacial score (nSPS) is 20.3. The lowest BCUT2D eigenvalue weighted by atomic mass is 9.79. The van der Waals surface area contributed by atoms with E-state index in [1.54, 1.807) is 0 Å². The molecule has 0 amide bonds. The van der Waals surface area contributed by atoms with Crippen molar-refractivity contribution in [3.8, 4) is 0 Å². The predicted molar refractivity (Wildman–Crippen MR) is 64.5 cm³/mol. The maximum Gasteiger partial charge on any atom is 0.323 e. The maximum atomic E-state index is 11.0. The minimum absolute atomic E-state index is 0.0673. The quantitative estimate of drug-likeness (QED) is 0.828. The monoisotopic (exact) mass is 245 g/mol. The van der Waals surface area contributed by atoms with E-state index in [0.29, 0.717) is 6.54 Å². The topological polar surface area (TPSA) is 71.8 Å². The number of aromatic nitrogens is 2. The molecule has 4 nitrogen and oxygen atoms in total. The second-order valence-corrected chi connectivity index (χ2v) is 6.00. The van der Waals surface area contributed by atoms with Gasteiger partial charge in [0, 0.05) is 18.0 Å². The number of thioether (sulfide) groups is 1. The lowest BCUT2D eigenvalue weighted by Gasteiger charge is -2.35. The first-order chi connectivity index (χ1) is 7.24. The minimum atomic E-state index is -0.0673. The van der Waals surface area contributed by atoms with Crippen LogP contribution in [0.4, 0.5) is 0 Å². The highest BCUT2D eigenvalue weighted by molar-refractivity contribution is 7.99. The lowest BCUT2D eigenvalue weighted by molar-refractivity contribution is 0.265. The van der Waals surface area contributed by atoms with Gasteiger partial charge in [-0.1, -0.05) is 0 Å². The van der Waals surface area contributed by atoms with Crippen LogP contribution in [0, 0.1) is 5.41 Å². The van der Waals surface area contributed by atoms with Crippen molar-refractivity contribution < 1.29 is 0 Å². The van der Waals surface area contributed by atoms with Gasteiger partial charge in [0.15, 0.2) is 0 Å². The molecule has 0 radical (unpaired) electrons. The summed E-state index contributed by atoms with van der Waals surface area (Å²) in [6, 6.07) is 0. The average Bonchev–Trinajstić information content (AvgIpc) is 2.65. The Bertz CT molecular complexity index is 367. The van der Waals surface area contributed by atoms with Gasteiger partial charge in [-0.25, -0.2) is 0 Å². The van der Waals surface area contributed by atoms with Crippen LogP contribution in [0.5, 0.6) is 0 Å². The van der Waals surface area contributed by atoms with Gasteiger partial charge in [0.25, 0.3) is 0 Å². The Kier molecular flexibility index (Phi) is 3.48. The summed E-state index contributed by atoms with van der Waals surface area (Å²) in [4.78, 5) is 13.7. The highest BCUT2D eigenvalue weighted by atomic mass is 32.2. The van der Waals surface area contributed by atoms with E-state index in [9.17, 15) is 4.79 Å². The van der Waals surface area contributed by atoms with Crippen LogP contribution in [0.3, 0.4) is 0 Å². The fourth-order valence-corrected chi connectivity index (χ4v) is 3.77. The zero-order valence-electron chi connectivity index (χ0n) is 8.49. The zero-order valence-corrected chi connectivity index (χ0v) is 10.1. The molecule has 1 fully saturated rings. The SMILES string of the molecule is NCC1(Cc2nsc(=O)[nH]2)CCSCC1. The highest BCUT2D eigenvalue weighted by Crippen LogP contribution is 2.36. The molecule has 0 aliphatic carbocycles. The molecule has 1 aromatic heterocycles. The molecule has 1 aliphatic heterocycles. The number of nitrogens with two attached hydrogens (primary N) is 1. The number of nitrogens with zero attached hydrogens (tertiary/aromatic N) is 1. The van der Waals surface area contributed by atoms with Gasteiger partial charge in [0.2, 0.25) is 0 Å². The smallest absolute Gasteiger partial charge is 0.323 e. The molecule has 0 atom stereocenters. The number of H-pyrrole nitrogens is 1. The van der Waals surface area contributed by atoms with E-state index in [1.165, 1.54) is 11.5 Å². The summed E-state index contributed by atoms with van der Waals surface area (Å²) in [5.74, 6) is 3.15. The van der Waals surface area contributed by atoms with Gasteiger partial charge in [-0.15, -0.1) is 0 Å². The molecule has 0 saturated carbocycles. The first kappa shape index (κ1) is 11.2. The third-order valence-corrected chi connectivity index (χ3v) is 4.58. The Balaban J connectivity index is 2.09. The average molecular weight is 245 g/mol. The molecule has 84 valence electrons. The summed E-state index contributed by atoms with van der Waals surface area (Å²) in [5.41, 5.74) is 6.04. The highest BCUT2D eigenvalue weighted by Gasteiger charge is 2.32. The van der Waals surface area contributed by atoms with Crippen LogP contribution in [-0.2, 0) is 6.42 Å². The molecule has 2 heterocycles. The van der Waals surface area contributed by atoms with Gasteiger partial charge in [0.1, 0.15) is 5.82 Å². The van der Waals surface area contributed by atoms with E-state index in [1.807, 2.05) is 11.8 Å². The third kappa shape index (κ3) is 2.62. The van der Waals surface area contributed by atoms with Crippen molar-refractivity contribution in [2.75, 3.05) is 18.1 Å². The van der Waals surface area contributed by atoms with Crippen LogP contribution in [-0.4, -0.2) is 27.4 Å². The predicted octanol–water partition coefficient (Wildman–Crippen LogP) is 0.846. The molecule has 1 saturated heterocycles. The summed E-state index contributed by atoms with van der Waals surface area (Å²) in [7, 11) is 0. The van der Waals surface area contributed by atoms with Crippen LogP contribution in [0.15, 0.2) is 4.79 Å². The van der Waals surface area contributed by atoms with Gasteiger partial charge in [-0.05, 0) is 36.3 Å². The van der Waals surface area contributed by atoms with Crippen molar-refractivity contribution in [2.24, 2.45) is 11.1 Å². The number of aromatic amines is 1. The Hall–Kier alpha value is -0.330. The van der Waals surface area contributed by atoms with Crippen molar-refractivity contribution in [3.63, 3.8) is 0 Å². The number of hydrogen-bond donors (Lipinski definition) is 2. The summed E-state index contributed by atoms with van der Waals surface area (Å²) >= 11 is 2.98. The molecule has 2 rings (SSSR count). The summed E-state index contributed by atoms with van der Waals surface area (Å²) < 4.78 is 4.11. The van der Waals surface area contributed by atoms with Crippen LogP contribution >= 0.6 is 23.3 Å². The van der Waals surface area contributed by atoms with Crippen molar-refractivity contribution in [1.82, 2.24) is 9.36 Å². The first-order valence-electron chi connectivity index (χ1n) is 5.07. The van der Waals surface area contributed by atoms with Gasteiger partial charge in [-0.3, -0.25) is 9.78 Å². The number of hydrogen-bond acceptors (Lipinski definition) is 5. The van der Waals surface area contributed by atoms with Crippen molar-refractivity contribution >= 4 is 23.3 Å². The van der Waals surface area contributed by atoms with E-state index in [0.717, 1.165) is 36.6 Å². The molecule has 0 aromatic carbocycles. The fourth-order valence-electron chi connectivity index (χ4n) is 1.95. The van der Waals surface area contributed by atoms with Crippen molar-refractivity contribution in [2.45, 2.75) is 19.3 Å². The molecular weight excluding hydrogens is 230 g/mol. The van der Waals surface area contributed by atoms with Crippen LogP contribution in [0.2, 0.25) is 0 Å². The van der Waals surface area contributed by atoms with Crippen molar-refractivity contribution in [1.29, 1.82) is 0 Å². The maximum absolute atomic E-state index is 11.0. The fraction of sp³-hybridized carbons (Fsp3) is 0.778. The van der Waals surface area contributed by atoms with E-state index < -0.39 is 0 Å². The number of nitrogens with one attached hydrogen (secondary N) is 1. The Morgan fingerprint density at radius 3 is 2.73 bits per heavy atom. The van der Waals surface area contributed by atoms with E-state index in [-0.39, 0.29) is 10.3 Å². The largest absolute Gasteiger partial charge is 0.330 e. The van der Waals surface area contributed by atoms with Gasteiger partial charge in [0.05, 0.1) is 0 Å². The summed E-state index contributed by atoms with van der Waals surface area (Å²) in [6.07, 6.45) is 3.09. The molecule has 0 unspecified atom stereocenters. The van der Waals surface area contributed by atoms with Gasteiger partial charge < -0.3 is 5.73 Å². The van der Waals surface area contributed by atoms with Gasteiger partial charge in [-0.2, -0.15) is 16.1 Å². The van der Waals surface area contributed by atoms with E-state index >= 15 is 0 Å². The standard InChI is InChI=1S/C9H15N3OS2/c10-6-9(1-3-14-4-2-9)5-7-11-8(13)15-12-7/h1-6,10H2,(H,11,12,13). The lowest BCUT2D eigenvalue weighted by Crippen LogP contribution is -2.36. The van der Waals surface area contributed by atoms with Crippen LogP contribution in [0.25, 0.3) is 0 Å². The molecule has 6 heteroatoms. The van der Waals surface area contributed by atoms with E-state index in [2.05, 4.69) is 9.36 Å². The third-order valence-electron chi connectivity index (χ3n) is 3.01. The Morgan fingerprint density at radius 1 is 1.47 bits per heavy atom. The zero-order chi connectivity index (χ0) is 10.7. The van der Waals surface area contributed by atoms with E-state index in [4.69, 9.17) is 5.73 Å². The molecule has 0 bridgehead atoms. The second-order valence-electron chi connectivity index (χ2n) is 4.03. The van der Waals surface area contributed by atoms with Crippen LogP contribution < -0.4 is 10.6 Å². The molecule has 0 spiro atoms. The Labute approximate surface area is 96.8 Å². The summed E-state index contributed by atoms with van der Waals surface area (Å²) in [6.45, 7) is 0.688. The molecule has 15 heavy (non-hydrogen) atoms. The van der Waals surface area contributed by atoms with Gasteiger partial charge >= 0.3 is 4.87 Å². The molecular formula is C9H15N3OS2. The number of rotatable bonds is 3.